The predicted molar refractivity (Wildman–Crippen MR) is 70.8 cm³/mol. The molecular weight excluding hydrogens is 196 g/mol. The number of nitrogens with one attached hydrogen (secondary N) is 1. The van der Waals surface area contributed by atoms with E-state index >= 15 is 0 Å². The highest BCUT2D eigenvalue weighted by Gasteiger charge is 2.12. The van der Waals surface area contributed by atoms with Crippen LogP contribution in [0.15, 0.2) is 24.3 Å². The van der Waals surface area contributed by atoms with Gasteiger partial charge in [-0.05, 0) is 38.2 Å². The van der Waals surface area contributed by atoms with Crippen LogP contribution < -0.4 is 5.32 Å². The van der Waals surface area contributed by atoms with Crippen LogP contribution in [0.25, 0.3) is 0 Å². The molecular formula is C14H24N2. The summed E-state index contributed by atoms with van der Waals surface area (Å²) in [5, 5.41) is 3.42. The van der Waals surface area contributed by atoms with Gasteiger partial charge in [-0.1, -0.05) is 38.1 Å². The van der Waals surface area contributed by atoms with E-state index in [1.165, 1.54) is 11.1 Å². The Morgan fingerprint density at radius 2 is 1.75 bits per heavy atom. The molecule has 1 aromatic rings. The lowest BCUT2D eigenvalue weighted by atomic mass is 10.0. The highest BCUT2D eigenvalue weighted by molar-refractivity contribution is 5.25. The molecule has 0 saturated carbocycles. The molecule has 0 saturated heterocycles. The topological polar surface area (TPSA) is 15.3 Å². The molecule has 1 N–H and O–H groups in total. The smallest absolute Gasteiger partial charge is 0.0466 e. The minimum absolute atomic E-state index is 0.464. The first kappa shape index (κ1) is 13.2. The van der Waals surface area contributed by atoms with Crippen molar-refractivity contribution >= 4 is 0 Å². The Labute approximate surface area is 99.7 Å². The minimum atomic E-state index is 0.464. The number of aryl methyl sites for hydroxylation is 1. The lowest BCUT2D eigenvalue weighted by molar-refractivity contribution is 0.290. The summed E-state index contributed by atoms with van der Waals surface area (Å²) in [6.45, 7) is 6.37. The third-order valence-corrected chi connectivity index (χ3v) is 2.98. The van der Waals surface area contributed by atoms with Gasteiger partial charge < -0.3 is 10.2 Å². The van der Waals surface area contributed by atoms with E-state index in [-0.39, 0.29) is 0 Å². The van der Waals surface area contributed by atoms with E-state index in [9.17, 15) is 0 Å². The molecule has 0 aliphatic rings. The van der Waals surface area contributed by atoms with Crippen LogP contribution >= 0.6 is 0 Å². The maximum Gasteiger partial charge on any atom is 0.0466 e. The van der Waals surface area contributed by atoms with Gasteiger partial charge in [0.1, 0.15) is 0 Å². The molecule has 0 bridgehead atoms. The van der Waals surface area contributed by atoms with Crippen LogP contribution in [0.3, 0.4) is 0 Å². The quantitative estimate of drug-likeness (QED) is 0.792. The summed E-state index contributed by atoms with van der Waals surface area (Å²) in [7, 11) is 4.27. The van der Waals surface area contributed by atoms with Crippen LogP contribution in [0.5, 0.6) is 0 Å². The number of hydrogen-bond donors (Lipinski definition) is 1. The Morgan fingerprint density at radius 1 is 1.12 bits per heavy atom. The predicted octanol–water partition coefficient (Wildman–Crippen LogP) is 2.46. The molecule has 0 aliphatic heterocycles. The highest BCUT2D eigenvalue weighted by Crippen LogP contribution is 2.18. The van der Waals surface area contributed by atoms with Crippen LogP contribution in [-0.2, 0) is 6.42 Å². The zero-order valence-corrected chi connectivity index (χ0v) is 11.0. The maximum absolute atomic E-state index is 3.42. The third-order valence-electron chi connectivity index (χ3n) is 2.98. The van der Waals surface area contributed by atoms with Gasteiger partial charge in [0, 0.05) is 12.6 Å². The van der Waals surface area contributed by atoms with E-state index in [2.05, 4.69) is 62.4 Å². The highest BCUT2D eigenvalue weighted by atomic mass is 15.1. The Kier molecular flexibility index (Phi) is 5.50. The van der Waals surface area contributed by atoms with Crippen molar-refractivity contribution in [1.29, 1.82) is 0 Å². The van der Waals surface area contributed by atoms with Crippen molar-refractivity contribution in [3.63, 3.8) is 0 Å². The van der Waals surface area contributed by atoms with Gasteiger partial charge in [0.25, 0.3) is 0 Å². The number of benzene rings is 1. The first-order valence-electron chi connectivity index (χ1n) is 6.15. The monoisotopic (exact) mass is 220 g/mol. The Bertz CT molecular complexity index is 290. The molecule has 0 amide bonds. The standard InChI is InChI=1S/C14H24N2/c1-5-12-7-9-13(10-8-12)14(16(3)4)11-15-6-2/h7-10,14-15H,5-6,11H2,1-4H3. The summed E-state index contributed by atoms with van der Waals surface area (Å²) >= 11 is 0. The molecule has 0 spiro atoms. The fourth-order valence-electron chi connectivity index (χ4n) is 1.86. The fourth-order valence-corrected chi connectivity index (χ4v) is 1.86. The van der Waals surface area contributed by atoms with Crippen molar-refractivity contribution < 1.29 is 0 Å². The fraction of sp³-hybridized carbons (Fsp3) is 0.571. The molecule has 0 aliphatic carbocycles. The molecule has 0 heterocycles. The lowest BCUT2D eigenvalue weighted by Crippen LogP contribution is -2.30. The van der Waals surface area contributed by atoms with Crippen LogP contribution in [0.4, 0.5) is 0 Å². The first-order valence-corrected chi connectivity index (χ1v) is 6.15. The van der Waals surface area contributed by atoms with Crippen molar-refractivity contribution in [2.24, 2.45) is 0 Å². The first-order chi connectivity index (χ1) is 7.69. The van der Waals surface area contributed by atoms with Gasteiger partial charge in [-0.2, -0.15) is 0 Å². The zero-order valence-electron chi connectivity index (χ0n) is 11.0. The molecule has 90 valence electrons. The van der Waals surface area contributed by atoms with E-state index in [4.69, 9.17) is 0 Å². The van der Waals surface area contributed by atoms with Gasteiger partial charge in [-0.3, -0.25) is 0 Å². The number of rotatable bonds is 6. The van der Waals surface area contributed by atoms with E-state index in [0.29, 0.717) is 6.04 Å². The molecule has 0 radical (unpaired) electrons. The van der Waals surface area contributed by atoms with E-state index in [1.807, 2.05) is 0 Å². The Balaban J connectivity index is 2.75. The van der Waals surface area contributed by atoms with Gasteiger partial charge in [0.05, 0.1) is 0 Å². The molecule has 1 rings (SSSR count). The second-order valence-electron chi connectivity index (χ2n) is 4.38. The normalized spacial score (nSPS) is 13.1. The largest absolute Gasteiger partial charge is 0.315 e. The van der Waals surface area contributed by atoms with Gasteiger partial charge in [0.15, 0.2) is 0 Å². The van der Waals surface area contributed by atoms with E-state index in [1.54, 1.807) is 0 Å². The Hall–Kier alpha value is -0.860. The summed E-state index contributed by atoms with van der Waals surface area (Å²) in [4.78, 5) is 2.27. The van der Waals surface area contributed by atoms with Crippen LogP contribution in [0, 0.1) is 0 Å². The number of likely N-dealkylation sites (N-methyl/N-ethyl adjacent to an activating group) is 2. The van der Waals surface area contributed by atoms with Crippen molar-refractivity contribution in [2.75, 3.05) is 27.2 Å². The minimum Gasteiger partial charge on any atom is -0.315 e. The van der Waals surface area contributed by atoms with E-state index < -0.39 is 0 Å². The van der Waals surface area contributed by atoms with Crippen molar-refractivity contribution in [3.8, 4) is 0 Å². The zero-order chi connectivity index (χ0) is 12.0. The third kappa shape index (κ3) is 3.62. The molecule has 1 atom stereocenters. The average Bonchev–Trinajstić information content (AvgIpc) is 2.30. The Morgan fingerprint density at radius 3 is 2.19 bits per heavy atom. The molecule has 2 nitrogen and oxygen atoms in total. The summed E-state index contributed by atoms with van der Waals surface area (Å²) in [5.74, 6) is 0. The SMILES string of the molecule is CCNCC(c1ccc(CC)cc1)N(C)C. The van der Waals surface area contributed by atoms with Gasteiger partial charge >= 0.3 is 0 Å². The number of hydrogen-bond acceptors (Lipinski definition) is 2. The second-order valence-corrected chi connectivity index (χ2v) is 4.38. The average molecular weight is 220 g/mol. The van der Waals surface area contributed by atoms with Gasteiger partial charge in [0.2, 0.25) is 0 Å². The molecule has 16 heavy (non-hydrogen) atoms. The molecule has 2 heteroatoms. The molecule has 0 aromatic heterocycles. The van der Waals surface area contributed by atoms with Crippen molar-refractivity contribution in [1.82, 2.24) is 10.2 Å². The van der Waals surface area contributed by atoms with Crippen molar-refractivity contribution in [2.45, 2.75) is 26.3 Å². The summed E-state index contributed by atoms with van der Waals surface area (Å²) in [6.07, 6.45) is 1.11. The summed E-state index contributed by atoms with van der Waals surface area (Å²) in [5.41, 5.74) is 2.80. The summed E-state index contributed by atoms with van der Waals surface area (Å²) in [6, 6.07) is 9.43. The molecule has 0 fully saturated rings. The second kappa shape index (κ2) is 6.66. The van der Waals surface area contributed by atoms with Crippen LogP contribution in [0.1, 0.15) is 31.0 Å². The van der Waals surface area contributed by atoms with Crippen LogP contribution in [-0.4, -0.2) is 32.1 Å². The molecule has 1 unspecified atom stereocenters. The van der Waals surface area contributed by atoms with Crippen LogP contribution in [0.2, 0.25) is 0 Å². The van der Waals surface area contributed by atoms with Gasteiger partial charge in [-0.15, -0.1) is 0 Å². The number of nitrogens with zero attached hydrogens (tertiary/aromatic N) is 1. The summed E-state index contributed by atoms with van der Waals surface area (Å²) < 4.78 is 0. The lowest BCUT2D eigenvalue weighted by Gasteiger charge is -2.25. The van der Waals surface area contributed by atoms with E-state index in [0.717, 1.165) is 19.5 Å². The van der Waals surface area contributed by atoms with Gasteiger partial charge in [-0.25, -0.2) is 0 Å². The van der Waals surface area contributed by atoms with Crippen molar-refractivity contribution in [3.05, 3.63) is 35.4 Å². The molecule has 1 aromatic carbocycles. The maximum atomic E-state index is 3.42.